The summed E-state index contributed by atoms with van der Waals surface area (Å²) in [5, 5.41) is 14.2. The molecule has 1 heterocycles. The molecule has 11 heteroatoms. The molecule has 0 bridgehead atoms. The topological polar surface area (TPSA) is 112 Å². The van der Waals surface area contributed by atoms with Crippen LogP contribution in [0.5, 0.6) is 11.5 Å². The van der Waals surface area contributed by atoms with Gasteiger partial charge in [0.2, 0.25) is 16.9 Å². The summed E-state index contributed by atoms with van der Waals surface area (Å²) >= 11 is 2.44. The molecule has 0 saturated carbocycles. The average Bonchev–Trinajstić information content (AvgIpc) is 3.08. The van der Waals surface area contributed by atoms with Crippen molar-refractivity contribution < 1.29 is 23.8 Å². The Hall–Kier alpha value is -2.37. The van der Waals surface area contributed by atoms with E-state index in [9.17, 15) is 9.59 Å². The van der Waals surface area contributed by atoms with Gasteiger partial charge in [-0.2, -0.15) is 0 Å². The van der Waals surface area contributed by atoms with Crippen molar-refractivity contribution in [2.45, 2.75) is 6.61 Å². The number of nitrogens with zero attached hydrogens (tertiary/aromatic N) is 2. The van der Waals surface area contributed by atoms with Gasteiger partial charge < -0.3 is 19.5 Å². The minimum Gasteiger partial charge on any atom is -0.493 e. The third-order valence-electron chi connectivity index (χ3n) is 3.11. The lowest BCUT2D eigenvalue weighted by atomic mass is 10.2. The van der Waals surface area contributed by atoms with Crippen LogP contribution in [0.15, 0.2) is 18.2 Å². The highest BCUT2D eigenvalue weighted by molar-refractivity contribution is 8.00. The van der Waals surface area contributed by atoms with E-state index in [1.54, 1.807) is 25.3 Å². The second-order valence-corrected chi connectivity index (χ2v) is 7.14. The van der Waals surface area contributed by atoms with Gasteiger partial charge in [0.05, 0.1) is 25.7 Å². The summed E-state index contributed by atoms with van der Waals surface area (Å²) in [6.07, 6.45) is 0. The van der Waals surface area contributed by atoms with E-state index in [-0.39, 0.29) is 23.3 Å². The number of rotatable bonds is 10. The zero-order chi connectivity index (χ0) is 19.6. The number of hydrogen-bond donors (Lipinski definition) is 2. The maximum Gasteiger partial charge on any atom is 0.236 e. The van der Waals surface area contributed by atoms with Gasteiger partial charge in [-0.05, 0) is 12.1 Å². The van der Waals surface area contributed by atoms with Crippen LogP contribution in [0.1, 0.15) is 5.01 Å². The molecule has 0 atom stereocenters. The first-order valence-electron chi connectivity index (χ1n) is 7.76. The third kappa shape index (κ3) is 6.70. The van der Waals surface area contributed by atoms with Crippen molar-refractivity contribution in [2.24, 2.45) is 0 Å². The Morgan fingerprint density at radius 2 is 1.74 bits per heavy atom. The van der Waals surface area contributed by atoms with Crippen molar-refractivity contribution in [3.8, 4) is 11.5 Å². The van der Waals surface area contributed by atoms with Gasteiger partial charge in [-0.3, -0.25) is 14.9 Å². The summed E-state index contributed by atoms with van der Waals surface area (Å²) in [5.41, 5.74) is 0.585. The number of amides is 2. The van der Waals surface area contributed by atoms with Crippen molar-refractivity contribution in [3.05, 3.63) is 23.2 Å². The molecule has 27 heavy (non-hydrogen) atoms. The van der Waals surface area contributed by atoms with Crippen molar-refractivity contribution >= 4 is 45.7 Å². The van der Waals surface area contributed by atoms with Gasteiger partial charge in [-0.15, -0.1) is 22.0 Å². The number of nitrogens with one attached hydrogen (secondary N) is 2. The van der Waals surface area contributed by atoms with E-state index < -0.39 is 0 Å². The molecule has 0 unspecified atom stereocenters. The molecule has 1 aromatic heterocycles. The molecule has 0 aliphatic heterocycles. The normalized spacial score (nSPS) is 10.3. The number of aromatic nitrogens is 2. The smallest absolute Gasteiger partial charge is 0.236 e. The standard InChI is InChI=1S/C16H20N4O5S2/c1-23-7-15-19-20-16(27-15)18-14(22)9-26-8-13(21)17-10-4-5-11(24-2)12(6-10)25-3/h4-6H,7-9H2,1-3H3,(H,17,21)(H,18,20,22). The van der Waals surface area contributed by atoms with Crippen molar-refractivity contribution in [1.29, 1.82) is 0 Å². The van der Waals surface area contributed by atoms with E-state index in [1.807, 2.05) is 0 Å². The maximum atomic E-state index is 12.0. The number of carbonyl (C=O) groups excluding carboxylic acids is 2. The minimum absolute atomic E-state index is 0.124. The Morgan fingerprint density at radius 3 is 2.41 bits per heavy atom. The molecule has 1 aromatic carbocycles. The Balaban J connectivity index is 1.74. The van der Waals surface area contributed by atoms with Crippen LogP contribution in [0, 0.1) is 0 Å². The zero-order valence-electron chi connectivity index (χ0n) is 15.1. The number of benzene rings is 1. The lowest BCUT2D eigenvalue weighted by Crippen LogP contribution is -2.18. The quantitative estimate of drug-likeness (QED) is 0.610. The second-order valence-electron chi connectivity index (χ2n) is 5.09. The van der Waals surface area contributed by atoms with Crippen LogP contribution in [0.3, 0.4) is 0 Å². The first-order valence-corrected chi connectivity index (χ1v) is 9.73. The van der Waals surface area contributed by atoms with E-state index in [2.05, 4.69) is 20.8 Å². The lowest BCUT2D eigenvalue weighted by molar-refractivity contribution is -0.114. The van der Waals surface area contributed by atoms with Gasteiger partial charge in [0.25, 0.3) is 0 Å². The third-order valence-corrected chi connectivity index (χ3v) is 4.86. The molecule has 0 spiro atoms. The van der Waals surface area contributed by atoms with Crippen LogP contribution in [0.4, 0.5) is 10.8 Å². The van der Waals surface area contributed by atoms with Gasteiger partial charge in [-0.1, -0.05) is 11.3 Å². The summed E-state index contributed by atoms with van der Waals surface area (Å²) in [4.78, 5) is 23.9. The van der Waals surface area contributed by atoms with Gasteiger partial charge in [0, 0.05) is 18.9 Å². The minimum atomic E-state index is -0.251. The number of methoxy groups -OCH3 is 3. The molecule has 0 saturated heterocycles. The van der Waals surface area contributed by atoms with Gasteiger partial charge >= 0.3 is 0 Å². The summed E-state index contributed by atoms with van der Waals surface area (Å²) in [6.45, 7) is 0.346. The van der Waals surface area contributed by atoms with E-state index in [1.165, 1.54) is 37.3 Å². The molecule has 146 valence electrons. The molecule has 2 N–H and O–H groups in total. The molecule has 0 radical (unpaired) electrons. The largest absolute Gasteiger partial charge is 0.493 e. The predicted molar refractivity (Wildman–Crippen MR) is 105 cm³/mol. The van der Waals surface area contributed by atoms with Crippen LogP contribution >= 0.6 is 23.1 Å². The van der Waals surface area contributed by atoms with Crippen LogP contribution in [0.25, 0.3) is 0 Å². The fourth-order valence-corrected chi connectivity index (χ4v) is 3.33. The second kappa shape index (κ2) is 10.7. The van der Waals surface area contributed by atoms with Crippen LogP contribution in [-0.2, 0) is 20.9 Å². The average molecular weight is 412 g/mol. The predicted octanol–water partition coefficient (Wildman–Crippen LogP) is 2.01. The SMILES string of the molecule is COCc1nnc(NC(=O)CSCC(=O)Nc2ccc(OC)c(OC)c2)s1. The van der Waals surface area contributed by atoms with Crippen LogP contribution < -0.4 is 20.1 Å². The monoisotopic (exact) mass is 412 g/mol. The fourth-order valence-electron chi connectivity index (χ4n) is 1.99. The molecule has 2 aromatic rings. The Morgan fingerprint density at radius 1 is 1.04 bits per heavy atom. The summed E-state index contributed by atoms with van der Waals surface area (Å²) in [5.74, 6) is 0.877. The molecular formula is C16H20N4O5S2. The van der Waals surface area contributed by atoms with Crippen LogP contribution in [-0.4, -0.2) is 54.8 Å². The van der Waals surface area contributed by atoms with Crippen molar-refractivity contribution in [1.82, 2.24) is 10.2 Å². The number of anilines is 2. The fraction of sp³-hybridized carbons (Fsp3) is 0.375. The van der Waals surface area contributed by atoms with Gasteiger partial charge in [0.1, 0.15) is 11.6 Å². The summed E-state index contributed by atoms with van der Waals surface area (Å²) in [7, 11) is 4.62. The number of thioether (sulfide) groups is 1. The van der Waals surface area contributed by atoms with Crippen molar-refractivity contribution in [3.63, 3.8) is 0 Å². The summed E-state index contributed by atoms with van der Waals surface area (Å²) in [6, 6.07) is 5.08. The molecule has 0 fully saturated rings. The molecular weight excluding hydrogens is 392 g/mol. The van der Waals surface area contributed by atoms with E-state index in [4.69, 9.17) is 14.2 Å². The number of hydrogen-bond acceptors (Lipinski definition) is 9. The maximum absolute atomic E-state index is 12.0. The highest BCUT2D eigenvalue weighted by Crippen LogP contribution is 2.29. The molecule has 2 rings (SSSR count). The Kier molecular flexibility index (Phi) is 8.30. The number of carbonyl (C=O) groups is 2. The first kappa shape index (κ1) is 20.9. The number of ether oxygens (including phenoxy) is 3. The molecule has 0 aliphatic carbocycles. The highest BCUT2D eigenvalue weighted by atomic mass is 32.2. The van der Waals surface area contributed by atoms with Gasteiger partial charge in [0.15, 0.2) is 11.5 Å². The van der Waals surface area contributed by atoms with Crippen LogP contribution in [0.2, 0.25) is 0 Å². The van der Waals surface area contributed by atoms with E-state index in [0.717, 1.165) is 0 Å². The Labute approximate surface area is 164 Å². The zero-order valence-corrected chi connectivity index (χ0v) is 16.7. The molecule has 9 nitrogen and oxygen atoms in total. The summed E-state index contributed by atoms with van der Waals surface area (Å²) < 4.78 is 15.3. The Bertz CT molecular complexity index is 784. The van der Waals surface area contributed by atoms with Crippen molar-refractivity contribution in [2.75, 3.05) is 43.5 Å². The van der Waals surface area contributed by atoms with Gasteiger partial charge in [-0.25, -0.2) is 0 Å². The van der Waals surface area contributed by atoms with E-state index >= 15 is 0 Å². The molecule has 0 aliphatic rings. The first-order chi connectivity index (χ1) is 13.0. The molecule has 2 amide bonds. The van der Waals surface area contributed by atoms with E-state index in [0.29, 0.717) is 33.9 Å². The lowest BCUT2D eigenvalue weighted by Gasteiger charge is -2.10. The highest BCUT2D eigenvalue weighted by Gasteiger charge is 2.11.